The van der Waals surface area contributed by atoms with E-state index in [4.69, 9.17) is 11.5 Å². The maximum Gasteiger partial charge on any atom is 0.0455 e. The number of hydrogen-bond donors (Lipinski definition) is 2. The lowest BCUT2D eigenvalue weighted by Crippen LogP contribution is -1.87. The van der Waals surface area contributed by atoms with E-state index in [9.17, 15) is 0 Å². The summed E-state index contributed by atoms with van der Waals surface area (Å²) in [5, 5.41) is 0. The minimum atomic E-state index is 0. The van der Waals surface area contributed by atoms with Crippen LogP contribution in [0.5, 0.6) is 0 Å². The Morgan fingerprint density at radius 3 is 1.94 bits per heavy atom. The fourth-order valence-electron chi connectivity index (χ4n) is 1.24. The van der Waals surface area contributed by atoms with Gasteiger partial charge in [0.25, 0.3) is 0 Å². The van der Waals surface area contributed by atoms with Crippen LogP contribution in [-0.4, -0.2) is 0 Å². The second-order valence-electron chi connectivity index (χ2n) is 3.21. The average Bonchev–Trinajstić information content (AvgIpc) is 2.25. The van der Waals surface area contributed by atoms with Crippen LogP contribution in [0.2, 0.25) is 0 Å². The molecule has 0 bridgehead atoms. The van der Waals surface area contributed by atoms with E-state index in [2.05, 4.69) is 0 Å². The molecule has 0 radical (unpaired) electrons. The van der Waals surface area contributed by atoms with E-state index >= 15 is 0 Å². The Morgan fingerprint density at radius 2 is 1.35 bits per heavy atom. The van der Waals surface area contributed by atoms with Crippen LogP contribution < -0.4 is 11.5 Å². The SMILES string of the molecule is Cl.Cl.Nc1ccc(Sc2ccccc2N)cc1. The molecule has 0 fully saturated rings. The predicted molar refractivity (Wildman–Crippen MR) is 80.3 cm³/mol. The molecule has 0 amide bonds. The van der Waals surface area contributed by atoms with Crippen LogP contribution in [0.15, 0.2) is 58.3 Å². The first-order chi connectivity index (χ1) is 7.25. The lowest BCUT2D eigenvalue weighted by molar-refractivity contribution is 1.41. The van der Waals surface area contributed by atoms with Gasteiger partial charge >= 0.3 is 0 Å². The van der Waals surface area contributed by atoms with Gasteiger partial charge in [0.1, 0.15) is 0 Å². The zero-order chi connectivity index (χ0) is 10.7. The Labute approximate surface area is 118 Å². The Bertz CT molecular complexity index is 460. The largest absolute Gasteiger partial charge is 0.399 e. The quantitative estimate of drug-likeness (QED) is 0.826. The summed E-state index contributed by atoms with van der Waals surface area (Å²) in [5.74, 6) is 0. The second-order valence-corrected chi connectivity index (χ2v) is 4.32. The van der Waals surface area contributed by atoms with Crippen LogP contribution >= 0.6 is 36.6 Å². The molecule has 2 aromatic rings. The van der Waals surface area contributed by atoms with Crippen molar-refractivity contribution < 1.29 is 0 Å². The average molecular weight is 289 g/mol. The monoisotopic (exact) mass is 288 g/mol. The van der Waals surface area contributed by atoms with Gasteiger partial charge < -0.3 is 11.5 Å². The normalized spacial score (nSPS) is 8.94. The van der Waals surface area contributed by atoms with Crippen LogP contribution in [-0.2, 0) is 0 Å². The summed E-state index contributed by atoms with van der Waals surface area (Å²) in [5.41, 5.74) is 13.1. The highest BCUT2D eigenvalue weighted by atomic mass is 35.5. The van der Waals surface area contributed by atoms with E-state index in [1.165, 1.54) is 0 Å². The van der Waals surface area contributed by atoms with Crippen molar-refractivity contribution in [3.05, 3.63) is 48.5 Å². The molecule has 2 aromatic carbocycles. The molecule has 2 rings (SSSR count). The summed E-state index contributed by atoms with van der Waals surface area (Å²) < 4.78 is 0. The molecule has 0 aromatic heterocycles. The highest BCUT2D eigenvalue weighted by molar-refractivity contribution is 7.99. The minimum absolute atomic E-state index is 0. The number of benzene rings is 2. The summed E-state index contributed by atoms with van der Waals surface area (Å²) in [4.78, 5) is 2.21. The number of hydrogen-bond acceptors (Lipinski definition) is 3. The van der Waals surface area contributed by atoms with Crippen LogP contribution in [0, 0.1) is 0 Å². The molecular formula is C12H14Cl2N2S. The van der Waals surface area contributed by atoms with E-state index < -0.39 is 0 Å². The van der Waals surface area contributed by atoms with Crippen LogP contribution in [0.4, 0.5) is 11.4 Å². The molecule has 0 atom stereocenters. The molecule has 0 aliphatic rings. The van der Waals surface area contributed by atoms with Crippen molar-refractivity contribution in [2.24, 2.45) is 0 Å². The molecule has 0 saturated heterocycles. The van der Waals surface area contributed by atoms with Gasteiger partial charge in [0, 0.05) is 21.2 Å². The van der Waals surface area contributed by atoms with Gasteiger partial charge in [0.05, 0.1) is 0 Å². The van der Waals surface area contributed by atoms with E-state index in [-0.39, 0.29) is 24.8 Å². The van der Waals surface area contributed by atoms with Gasteiger partial charge in [-0.05, 0) is 36.4 Å². The smallest absolute Gasteiger partial charge is 0.0455 e. The molecule has 0 heterocycles. The van der Waals surface area contributed by atoms with Gasteiger partial charge in [0.15, 0.2) is 0 Å². The maximum absolute atomic E-state index is 5.85. The first-order valence-electron chi connectivity index (χ1n) is 4.63. The molecule has 4 N–H and O–H groups in total. The number of anilines is 2. The summed E-state index contributed by atoms with van der Waals surface area (Å²) >= 11 is 1.64. The Kier molecular flexibility index (Phi) is 6.88. The Balaban J connectivity index is 0.00000128. The molecule has 0 aliphatic carbocycles. The van der Waals surface area contributed by atoms with Gasteiger partial charge in [-0.25, -0.2) is 0 Å². The Morgan fingerprint density at radius 1 is 0.765 bits per heavy atom. The summed E-state index contributed by atoms with van der Waals surface area (Å²) in [6.45, 7) is 0. The van der Waals surface area contributed by atoms with Crippen molar-refractivity contribution in [3.8, 4) is 0 Å². The van der Waals surface area contributed by atoms with Gasteiger partial charge in [-0.3, -0.25) is 0 Å². The number of halogens is 2. The third-order valence-corrected chi connectivity index (χ3v) is 3.13. The number of nitrogen functional groups attached to an aromatic ring is 2. The molecule has 5 heteroatoms. The van der Waals surface area contributed by atoms with Crippen LogP contribution in [0.3, 0.4) is 0 Å². The molecule has 0 spiro atoms. The predicted octanol–water partition coefficient (Wildman–Crippen LogP) is 3.85. The molecular weight excluding hydrogens is 275 g/mol. The van der Waals surface area contributed by atoms with E-state index in [0.29, 0.717) is 0 Å². The van der Waals surface area contributed by atoms with Gasteiger partial charge in [-0.15, -0.1) is 24.8 Å². The van der Waals surface area contributed by atoms with E-state index in [1.807, 2.05) is 48.5 Å². The molecule has 92 valence electrons. The first-order valence-corrected chi connectivity index (χ1v) is 5.45. The number of nitrogens with two attached hydrogens (primary N) is 2. The van der Waals surface area contributed by atoms with Crippen LogP contribution in [0.25, 0.3) is 0 Å². The zero-order valence-electron chi connectivity index (χ0n) is 9.00. The van der Waals surface area contributed by atoms with Gasteiger partial charge in [-0.2, -0.15) is 0 Å². The highest BCUT2D eigenvalue weighted by Gasteiger charge is 2.00. The molecule has 0 unspecified atom stereocenters. The lowest BCUT2D eigenvalue weighted by atomic mass is 10.3. The van der Waals surface area contributed by atoms with Crippen molar-refractivity contribution in [3.63, 3.8) is 0 Å². The summed E-state index contributed by atoms with van der Waals surface area (Å²) in [7, 11) is 0. The van der Waals surface area contributed by atoms with E-state index in [0.717, 1.165) is 21.2 Å². The third-order valence-electron chi connectivity index (χ3n) is 2.03. The van der Waals surface area contributed by atoms with Crippen LogP contribution in [0.1, 0.15) is 0 Å². The topological polar surface area (TPSA) is 52.0 Å². The fraction of sp³-hybridized carbons (Fsp3) is 0. The third kappa shape index (κ3) is 4.38. The number of rotatable bonds is 2. The summed E-state index contributed by atoms with van der Waals surface area (Å²) in [6.07, 6.45) is 0. The second kappa shape index (κ2) is 7.33. The maximum atomic E-state index is 5.85. The zero-order valence-corrected chi connectivity index (χ0v) is 11.4. The van der Waals surface area contributed by atoms with Crippen molar-refractivity contribution in [1.82, 2.24) is 0 Å². The Hall–Kier alpha value is -1.03. The molecule has 2 nitrogen and oxygen atoms in total. The molecule has 17 heavy (non-hydrogen) atoms. The van der Waals surface area contributed by atoms with Gasteiger partial charge in [0.2, 0.25) is 0 Å². The lowest BCUT2D eigenvalue weighted by Gasteiger charge is -2.04. The summed E-state index contributed by atoms with van der Waals surface area (Å²) in [6, 6.07) is 15.6. The standard InChI is InChI=1S/C12H12N2S.2ClH/c13-9-5-7-10(8-6-9)15-12-4-2-1-3-11(12)14;;/h1-8H,13-14H2;2*1H. The molecule has 0 saturated carbocycles. The first kappa shape index (κ1) is 16.0. The van der Waals surface area contributed by atoms with Crippen molar-refractivity contribution in [2.75, 3.05) is 11.5 Å². The van der Waals surface area contributed by atoms with Crippen molar-refractivity contribution >= 4 is 48.0 Å². The highest BCUT2D eigenvalue weighted by Crippen LogP contribution is 2.31. The number of para-hydroxylation sites is 1. The minimum Gasteiger partial charge on any atom is -0.399 e. The van der Waals surface area contributed by atoms with Crippen molar-refractivity contribution in [2.45, 2.75) is 9.79 Å². The molecule has 0 aliphatic heterocycles. The van der Waals surface area contributed by atoms with Gasteiger partial charge in [-0.1, -0.05) is 23.9 Å². The fourth-order valence-corrected chi connectivity index (χ4v) is 2.09. The van der Waals surface area contributed by atoms with Crippen molar-refractivity contribution in [1.29, 1.82) is 0 Å². The van der Waals surface area contributed by atoms with E-state index in [1.54, 1.807) is 11.8 Å².